The van der Waals surface area contributed by atoms with Crippen molar-refractivity contribution in [3.63, 3.8) is 0 Å². The smallest absolute Gasteiger partial charge is 0.142 e. The van der Waals surface area contributed by atoms with Gasteiger partial charge in [0.15, 0.2) is 0 Å². The molecular formula is C19H21N5O. The van der Waals surface area contributed by atoms with Crippen molar-refractivity contribution in [2.75, 3.05) is 43.1 Å². The molecular weight excluding hydrogens is 314 g/mol. The van der Waals surface area contributed by atoms with Crippen LogP contribution in [-0.2, 0) is 0 Å². The summed E-state index contributed by atoms with van der Waals surface area (Å²) in [4.78, 5) is 18.1. The van der Waals surface area contributed by atoms with E-state index in [1.807, 2.05) is 25.1 Å². The number of piperazine rings is 1. The molecule has 3 aromatic rings. The Labute approximate surface area is 147 Å². The average Bonchev–Trinajstić information content (AvgIpc) is 2.67. The van der Waals surface area contributed by atoms with Gasteiger partial charge in [-0.3, -0.25) is 4.98 Å². The van der Waals surface area contributed by atoms with Crippen molar-refractivity contribution in [1.82, 2.24) is 15.0 Å². The second-order valence-corrected chi connectivity index (χ2v) is 6.13. The summed E-state index contributed by atoms with van der Waals surface area (Å²) in [7, 11) is 1.72. The van der Waals surface area contributed by atoms with E-state index >= 15 is 0 Å². The second kappa shape index (κ2) is 6.55. The molecule has 25 heavy (non-hydrogen) atoms. The van der Waals surface area contributed by atoms with Crippen molar-refractivity contribution in [2.45, 2.75) is 6.92 Å². The molecule has 1 aromatic carbocycles. The molecule has 4 rings (SSSR count). The third-order valence-electron chi connectivity index (χ3n) is 4.60. The third kappa shape index (κ3) is 2.95. The number of methoxy groups -OCH3 is 1. The average molecular weight is 335 g/mol. The molecule has 1 saturated heterocycles. The highest BCUT2D eigenvalue weighted by Gasteiger charge is 2.22. The Balaban J connectivity index is 1.58. The van der Waals surface area contributed by atoms with Crippen LogP contribution in [0.15, 0.2) is 42.7 Å². The van der Waals surface area contributed by atoms with E-state index in [4.69, 9.17) is 9.72 Å². The third-order valence-corrected chi connectivity index (χ3v) is 4.60. The van der Waals surface area contributed by atoms with Gasteiger partial charge in [0.05, 0.1) is 24.5 Å². The van der Waals surface area contributed by atoms with Gasteiger partial charge in [-0.05, 0) is 25.1 Å². The minimum Gasteiger partial charge on any atom is -0.495 e. The number of nitrogens with zero attached hydrogens (tertiary/aromatic N) is 5. The topological polar surface area (TPSA) is 54.4 Å². The van der Waals surface area contributed by atoms with Crippen LogP contribution in [0.3, 0.4) is 0 Å². The highest BCUT2D eigenvalue weighted by Crippen LogP contribution is 2.30. The van der Waals surface area contributed by atoms with Crippen LogP contribution >= 0.6 is 0 Å². The molecule has 128 valence electrons. The maximum Gasteiger partial charge on any atom is 0.142 e. The first-order valence-corrected chi connectivity index (χ1v) is 8.47. The van der Waals surface area contributed by atoms with E-state index < -0.39 is 0 Å². The van der Waals surface area contributed by atoms with Crippen molar-refractivity contribution >= 4 is 22.4 Å². The van der Waals surface area contributed by atoms with Crippen LogP contribution in [0.2, 0.25) is 0 Å². The first kappa shape index (κ1) is 15.6. The van der Waals surface area contributed by atoms with Gasteiger partial charge in [0.2, 0.25) is 0 Å². The van der Waals surface area contributed by atoms with Crippen molar-refractivity contribution in [3.8, 4) is 5.75 Å². The molecule has 1 aliphatic rings. The van der Waals surface area contributed by atoms with Crippen molar-refractivity contribution in [1.29, 1.82) is 0 Å². The maximum absolute atomic E-state index is 5.50. The molecule has 6 heteroatoms. The van der Waals surface area contributed by atoms with Crippen molar-refractivity contribution in [2.24, 2.45) is 0 Å². The summed E-state index contributed by atoms with van der Waals surface area (Å²) >= 11 is 0. The number of ether oxygens (including phenoxy) is 1. The van der Waals surface area contributed by atoms with Crippen LogP contribution in [0.5, 0.6) is 5.75 Å². The Morgan fingerprint density at radius 1 is 0.960 bits per heavy atom. The largest absolute Gasteiger partial charge is 0.495 e. The maximum atomic E-state index is 5.50. The standard InChI is InChI=1S/C19H21N5O/c1-14-21-16-13-20-8-7-15(16)19(22-14)24-11-9-23(10-12-24)17-5-3-4-6-18(17)25-2/h3-8,13H,9-12H2,1-2H3. The number of anilines is 2. The first-order chi connectivity index (χ1) is 12.3. The normalized spacial score (nSPS) is 14.8. The van der Waals surface area contributed by atoms with Gasteiger partial charge in [0.1, 0.15) is 17.4 Å². The van der Waals surface area contributed by atoms with Gasteiger partial charge in [0.25, 0.3) is 0 Å². The van der Waals surface area contributed by atoms with Gasteiger partial charge in [-0.25, -0.2) is 9.97 Å². The van der Waals surface area contributed by atoms with Crippen LogP contribution in [-0.4, -0.2) is 48.2 Å². The van der Waals surface area contributed by atoms with Crippen LogP contribution < -0.4 is 14.5 Å². The summed E-state index contributed by atoms with van der Waals surface area (Å²) in [6.45, 7) is 5.60. The Bertz CT molecular complexity index is 890. The minimum absolute atomic E-state index is 0.780. The fourth-order valence-electron chi connectivity index (χ4n) is 3.37. The van der Waals surface area contributed by atoms with E-state index in [1.165, 1.54) is 0 Å². The van der Waals surface area contributed by atoms with E-state index in [-0.39, 0.29) is 0 Å². The number of aryl methyl sites for hydroxylation is 1. The number of para-hydroxylation sites is 2. The second-order valence-electron chi connectivity index (χ2n) is 6.13. The summed E-state index contributed by atoms with van der Waals surface area (Å²) < 4.78 is 5.50. The van der Waals surface area contributed by atoms with E-state index in [2.05, 4.69) is 31.9 Å². The molecule has 0 radical (unpaired) electrons. The van der Waals surface area contributed by atoms with E-state index in [0.717, 1.165) is 60.2 Å². The molecule has 0 unspecified atom stereocenters. The highest BCUT2D eigenvalue weighted by molar-refractivity contribution is 5.89. The molecule has 6 nitrogen and oxygen atoms in total. The summed E-state index contributed by atoms with van der Waals surface area (Å²) in [6, 6.07) is 10.2. The Hall–Kier alpha value is -2.89. The van der Waals surface area contributed by atoms with Crippen LogP contribution in [0, 0.1) is 6.92 Å². The molecule has 0 atom stereocenters. The van der Waals surface area contributed by atoms with Gasteiger partial charge >= 0.3 is 0 Å². The molecule has 0 saturated carbocycles. The van der Waals surface area contributed by atoms with Crippen molar-refractivity contribution < 1.29 is 4.74 Å². The van der Waals surface area contributed by atoms with Crippen LogP contribution in [0.1, 0.15) is 5.82 Å². The van der Waals surface area contributed by atoms with E-state index in [9.17, 15) is 0 Å². The minimum atomic E-state index is 0.780. The number of rotatable bonds is 3. The molecule has 1 aliphatic heterocycles. The van der Waals surface area contributed by atoms with Gasteiger partial charge in [-0.1, -0.05) is 12.1 Å². The van der Waals surface area contributed by atoms with E-state index in [1.54, 1.807) is 19.5 Å². The van der Waals surface area contributed by atoms with Crippen LogP contribution in [0.25, 0.3) is 10.9 Å². The lowest BCUT2D eigenvalue weighted by Crippen LogP contribution is -2.47. The number of hydrogen-bond acceptors (Lipinski definition) is 6. The SMILES string of the molecule is COc1ccccc1N1CCN(c2nc(C)nc3cnccc23)CC1. The zero-order chi connectivity index (χ0) is 17.2. The zero-order valence-corrected chi connectivity index (χ0v) is 14.5. The highest BCUT2D eigenvalue weighted by atomic mass is 16.5. The predicted molar refractivity (Wildman–Crippen MR) is 99.5 cm³/mol. The predicted octanol–water partition coefficient (Wildman–Crippen LogP) is 2.67. The Kier molecular flexibility index (Phi) is 4.09. The number of benzene rings is 1. The zero-order valence-electron chi connectivity index (χ0n) is 14.5. The van der Waals surface area contributed by atoms with Gasteiger partial charge < -0.3 is 14.5 Å². The fourth-order valence-corrected chi connectivity index (χ4v) is 3.37. The lowest BCUT2D eigenvalue weighted by Gasteiger charge is -2.37. The molecule has 3 heterocycles. The summed E-state index contributed by atoms with van der Waals surface area (Å²) in [5.74, 6) is 2.71. The van der Waals surface area contributed by atoms with Crippen LogP contribution in [0.4, 0.5) is 11.5 Å². The lowest BCUT2D eigenvalue weighted by atomic mass is 10.2. The molecule has 0 N–H and O–H groups in total. The van der Waals surface area contributed by atoms with Gasteiger partial charge in [0, 0.05) is 37.8 Å². The number of fused-ring (bicyclic) bond motifs is 1. The monoisotopic (exact) mass is 335 g/mol. The molecule has 2 aromatic heterocycles. The molecule has 0 amide bonds. The summed E-state index contributed by atoms with van der Waals surface area (Å²) in [6.07, 6.45) is 3.61. The molecule has 0 spiro atoms. The fraction of sp³-hybridized carbons (Fsp3) is 0.316. The number of hydrogen-bond donors (Lipinski definition) is 0. The lowest BCUT2D eigenvalue weighted by molar-refractivity contribution is 0.413. The molecule has 1 fully saturated rings. The Morgan fingerprint density at radius 2 is 1.72 bits per heavy atom. The molecule has 0 bridgehead atoms. The van der Waals surface area contributed by atoms with Crippen molar-refractivity contribution in [3.05, 3.63) is 48.5 Å². The van der Waals surface area contributed by atoms with E-state index in [0.29, 0.717) is 0 Å². The first-order valence-electron chi connectivity index (χ1n) is 8.47. The van der Waals surface area contributed by atoms with Gasteiger partial charge in [-0.2, -0.15) is 0 Å². The Morgan fingerprint density at radius 3 is 2.52 bits per heavy atom. The number of pyridine rings is 1. The quantitative estimate of drug-likeness (QED) is 0.733. The molecule has 0 aliphatic carbocycles. The number of aromatic nitrogens is 3. The summed E-state index contributed by atoms with van der Waals surface area (Å²) in [5.41, 5.74) is 2.05. The summed E-state index contributed by atoms with van der Waals surface area (Å²) in [5, 5.41) is 1.06. The van der Waals surface area contributed by atoms with Gasteiger partial charge in [-0.15, -0.1) is 0 Å².